The molecule has 0 aliphatic carbocycles. The van der Waals surface area contributed by atoms with Crippen LogP contribution < -0.4 is 10.1 Å². The SMILES string of the molecule is CNc1cc([C@@H]2CCCN2Cc2ccc(OCC(=O)O)cc2)nc(C)n1. The smallest absolute Gasteiger partial charge is 0.341 e. The van der Waals surface area contributed by atoms with Crippen molar-refractivity contribution < 1.29 is 14.6 Å². The van der Waals surface area contributed by atoms with E-state index < -0.39 is 5.97 Å². The number of aliphatic carboxylic acids is 1. The van der Waals surface area contributed by atoms with Gasteiger partial charge >= 0.3 is 5.97 Å². The summed E-state index contributed by atoms with van der Waals surface area (Å²) in [6, 6.07) is 9.91. The van der Waals surface area contributed by atoms with E-state index in [1.807, 2.05) is 44.3 Å². The van der Waals surface area contributed by atoms with Gasteiger partial charge < -0.3 is 15.2 Å². The lowest BCUT2D eigenvalue weighted by Crippen LogP contribution is -2.24. The molecule has 0 bridgehead atoms. The second kappa shape index (κ2) is 8.14. The number of hydrogen-bond acceptors (Lipinski definition) is 6. The van der Waals surface area contributed by atoms with E-state index in [1.165, 1.54) is 5.56 Å². The van der Waals surface area contributed by atoms with Crippen LogP contribution in [-0.2, 0) is 11.3 Å². The number of ether oxygens (including phenoxy) is 1. The van der Waals surface area contributed by atoms with Gasteiger partial charge in [0.25, 0.3) is 0 Å². The second-order valence-corrected chi connectivity index (χ2v) is 6.43. The van der Waals surface area contributed by atoms with Crippen molar-refractivity contribution in [2.75, 3.05) is 25.5 Å². The first-order chi connectivity index (χ1) is 12.5. The highest BCUT2D eigenvalue weighted by atomic mass is 16.5. The molecule has 0 unspecified atom stereocenters. The van der Waals surface area contributed by atoms with Gasteiger partial charge in [-0.1, -0.05) is 12.1 Å². The maximum atomic E-state index is 10.6. The van der Waals surface area contributed by atoms with Crippen molar-refractivity contribution in [3.8, 4) is 5.75 Å². The fraction of sp³-hybridized carbons (Fsp3) is 0.421. The zero-order chi connectivity index (χ0) is 18.5. The zero-order valence-corrected chi connectivity index (χ0v) is 15.1. The van der Waals surface area contributed by atoms with Gasteiger partial charge in [0.05, 0.1) is 11.7 Å². The van der Waals surface area contributed by atoms with Crippen LogP contribution in [0.25, 0.3) is 0 Å². The number of nitrogens with one attached hydrogen (secondary N) is 1. The predicted molar refractivity (Wildman–Crippen MR) is 98.3 cm³/mol. The van der Waals surface area contributed by atoms with Gasteiger partial charge in [-0.2, -0.15) is 0 Å². The van der Waals surface area contributed by atoms with Crippen molar-refractivity contribution in [1.82, 2.24) is 14.9 Å². The molecule has 1 aromatic heterocycles. The molecular weight excluding hydrogens is 332 g/mol. The van der Waals surface area contributed by atoms with Crippen LogP contribution in [0, 0.1) is 6.92 Å². The lowest BCUT2D eigenvalue weighted by molar-refractivity contribution is -0.139. The Morgan fingerprint density at radius 3 is 2.81 bits per heavy atom. The topological polar surface area (TPSA) is 87.6 Å². The molecule has 0 saturated carbocycles. The van der Waals surface area contributed by atoms with Crippen LogP contribution in [0.4, 0.5) is 5.82 Å². The van der Waals surface area contributed by atoms with E-state index in [0.29, 0.717) is 5.75 Å². The lowest BCUT2D eigenvalue weighted by atomic mass is 10.1. The first kappa shape index (κ1) is 18.1. The number of carboxylic acids is 1. The van der Waals surface area contributed by atoms with E-state index in [1.54, 1.807) is 0 Å². The first-order valence-corrected chi connectivity index (χ1v) is 8.76. The summed E-state index contributed by atoms with van der Waals surface area (Å²) in [7, 11) is 1.87. The number of benzene rings is 1. The fourth-order valence-electron chi connectivity index (χ4n) is 3.31. The van der Waals surface area contributed by atoms with Crippen LogP contribution in [0.15, 0.2) is 30.3 Å². The minimum atomic E-state index is -0.977. The lowest BCUT2D eigenvalue weighted by Gasteiger charge is -2.24. The van der Waals surface area contributed by atoms with Gasteiger partial charge in [-0.25, -0.2) is 14.8 Å². The summed E-state index contributed by atoms with van der Waals surface area (Å²) < 4.78 is 5.18. The minimum absolute atomic E-state index is 0.284. The van der Waals surface area contributed by atoms with Crippen molar-refractivity contribution in [2.45, 2.75) is 32.4 Å². The van der Waals surface area contributed by atoms with Gasteiger partial charge in [0.1, 0.15) is 17.4 Å². The number of rotatable bonds is 7. The van der Waals surface area contributed by atoms with Crippen LogP contribution in [-0.4, -0.2) is 46.1 Å². The van der Waals surface area contributed by atoms with E-state index in [0.717, 1.165) is 43.3 Å². The predicted octanol–water partition coefficient (Wildman–Crippen LogP) is 2.63. The van der Waals surface area contributed by atoms with E-state index in [9.17, 15) is 4.79 Å². The van der Waals surface area contributed by atoms with Gasteiger partial charge in [0.2, 0.25) is 0 Å². The number of aromatic nitrogens is 2. The standard InChI is InChI=1S/C19H24N4O3/c1-13-21-16(10-18(20-2)22-13)17-4-3-9-23(17)11-14-5-7-15(8-6-14)26-12-19(24)25/h5-8,10,17H,3-4,9,11-12H2,1-2H3,(H,24,25)(H,20,21,22)/t17-/m0/s1. The molecule has 1 atom stereocenters. The summed E-state index contributed by atoms with van der Waals surface area (Å²) in [5.74, 6) is 1.21. The van der Waals surface area contributed by atoms with Crippen molar-refractivity contribution in [2.24, 2.45) is 0 Å². The summed E-state index contributed by atoms with van der Waals surface area (Å²) in [6.07, 6.45) is 2.22. The molecule has 3 rings (SSSR count). The third kappa shape index (κ3) is 4.49. The third-order valence-corrected chi connectivity index (χ3v) is 4.49. The Hall–Kier alpha value is -2.67. The number of likely N-dealkylation sites (tertiary alicyclic amines) is 1. The van der Waals surface area contributed by atoms with Gasteiger partial charge in [0.15, 0.2) is 6.61 Å². The number of carboxylic acid groups (broad SMARTS) is 1. The highest BCUT2D eigenvalue weighted by Crippen LogP contribution is 2.33. The quantitative estimate of drug-likeness (QED) is 0.788. The van der Waals surface area contributed by atoms with Crippen LogP contribution in [0.1, 0.15) is 36.0 Å². The molecule has 2 aromatic rings. The van der Waals surface area contributed by atoms with Crippen LogP contribution in [0.2, 0.25) is 0 Å². The molecule has 1 saturated heterocycles. The second-order valence-electron chi connectivity index (χ2n) is 6.43. The van der Waals surface area contributed by atoms with Crippen LogP contribution in [0.3, 0.4) is 0 Å². The summed E-state index contributed by atoms with van der Waals surface area (Å²) in [5.41, 5.74) is 2.22. The molecule has 0 amide bonds. The third-order valence-electron chi connectivity index (χ3n) is 4.49. The number of nitrogens with zero attached hydrogens (tertiary/aromatic N) is 3. The fourth-order valence-corrected chi connectivity index (χ4v) is 3.31. The molecule has 0 radical (unpaired) electrons. The maximum absolute atomic E-state index is 10.6. The minimum Gasteiger partial charge on any atom is -0.482 e. The van der Waals surface area contributed by atoms with E-state index in [4.69, 9.17) is 9.84 Å². The number of hydrogen-bond donors (Lipinski definition) is 2. The Bertz CT molecular complexity index is 764. The van der Waals surface area contributed by atoms with Crippen LogP contribution in [0.5, 0.6) is 5.75 Å². The molecule has 2 N–H and O–H groups in total. The highest BCUT2D eigenvalue weighted by Gasteiger charge is 2.27. The molecule has 1 aliphatic rings. The molecule has 138 valence electrons. The van der Waals surface area contributed by atoms with Crippen LogP contribution >= 0.6 is 0 Å². The Balaban J connectivity index is 1.69. The Kier molecular flexibility index (Phi) is 5.68. The molecule has 2 heterocycles. The molecule has 1 aromatic carbocycles. The van der Waals surface area contributed by atoms with Gasteiger partial charge in [-0.3, -0.25) is 4.90 Å². The summed E-state index contributed by atoms with van der Waals surface area (Å²) in [5, 5.41) is 11.8. The first-order valence-electron chi connectivity index (χ1n) is 8.76. The number of aryl methyl sites for hydroxylation is 1. The number of anilines is 1. The molecule has 26 heavy (non-hydrogen) atoms. The molecule has 7 heteroatoms. The average Bonchev–Trinajstić information content (AvgIpc) is 3.08. The van der Waals surface area contributed by atoms with Gasteiger partial charge in [0, 0.05) is 19.7 Å². The number of carbonyl (C=O) groups is 1. The maximum Gasteiger partial charge on any atom is 0.341 e. The van der Waals surface area contributed by atoms with Crippen molar-refractivity contribution in [1.29, 1.82) is 0 Å². The summed E-state index contributed by atoms with van der Waals surface area (Å²) in [6.45, 7) is 3.44. The normalized spacial score (nSPS) is 17.2. The van der Waals surface area contributed by atoms with E-state index in [-0.39, 0.29) is 12.6 Å². The molecule has 1 fully saturated rings. The van der Waals surface area contributed by atoms with E-state index >= 15 is 0 Å². The zero-order valence-electron chi connectivity index (χ0n) is 15.1. The van der Waals surface area contributed by atoms with Crippen molar-refractivity contribution in [3.63, 3.8) is 0 Å². The molecule has 7 nitrogen and oxygen atoms in total. The largest absolute Gasteiger partial charge is 0.482 e. The van der Waals surface area contributed by atoms with Gasteiger partial charge in [-0.05, 0) is 44.0 Å². The molecule has 1 aliphatic heterocycles. The summed E-state index contributed by atoms with van der Waals surface area (Å²) in [4.78, 5) is 22.0. The van der Waals surface area contributed by atoms with E-state index in [2.05, 4.69) is 20.2 Å². The molecule has 0 spiro atoms. The Labute approximate surface area is 153 Å². The summed E-state index contributed by atoms with van der Waals surface area (Å²) >= 11 is 0. The monoisotopic (exact) mass is 356 g/mol. The average molecular weight is 356 g/mol. The van der Waals surface area contributed by atoms with Crippen molar-refractivity contribution >= 4 is 11.8 Å². The van der Waals surface area contributed by atoms with Crippen molar-refractivity contribution in [3.05, 3.63) is 47.4 Å². The molecular formula is C19H24N4O3. The highest BCUT2D eigenvalue weighted by molar-refractivity contribution is 5.68. The van der Waals surface area contributed by atoms with Gasteiger partial charge in [-0.15, -0.1) is 0 Å². The Morgan fingerprint density at radius 1 is 1.35 bits per heavy atom. The Morgan fingerprint density at radius 2 is 2.12 bits per heavy atom.